The lowest BCUT2D eigenvalue weighted by Gasteiger charge is -2.07. The van der Waals surface area contributed by atoms with Crippen LogP contribution in [0.25, 0.3) is 11.1 Å². The molecule has 0 bridgehead atoms. The molecule has 15 heavy (non-hydrogen) atoms. The second-order valence-electron chi connectivity index (χ2n) is 3.16. The highest BCUT2D eigenvalue weighted by Gasteiger charge is 2.41. The molecule has 72 valence electrons. The molecule has 0 unspecified atom stereocenters. The fourth-order valence-corrected chi connectivity index (χ4v) is 1.60. The van der Waals surface area contributed by atoms with Gasteiger partial charge in [0.2, 0.25) is 0 Å². The zero-order valence-corrected chi connectivity index (χ0v) is 7.71. The molecule has 5 heteroatoms. The van der Waals surface area contributed by atoms with Crippen LogP contribution in [0.5, 0.6) is 0 Å². The van der Waals surface area contributed by atoms with Crippen molar-refractivity contribution in [2.24, 2.45) is 0 Å². The highest BCUT2D eigenvalue weighted by molar-refractivity contribution is 6.69. The van der Waals surface area contributed by atoms with Crippen LogP contribution in [0, 0.1) is 0 Å². The van der Waals surface area contributed by atoms with Gasteiger partial charge in [0, 0.05) is 5.56 Å². The molecule has 5 nitrogen and oxygen atoms in total. The molecule has 1 aliphatic rings. The minimum atomic E-state index is -0.424. The summed E-state index contributed by atoms with van der Waals surface area (Å²) in [7, 11) is 0. The minimum Gasteiger partial charge on any atom is -0.361 e. The Hall–Kier alpha value is -2.35. The third kappa shape index (κ3) is 1.32. The van der Waals surface area contributed by atoms with Crippen molar-refractivity contribution in [3.63, 3.8) is 0 Å². The van der Waals surface area contributed by atoms with Crippen LogP contribution in [-0.4, -0.2) is 26.8 Å². The molecule has 1 aliphatic carbocycles. The van der Waals surface area contributed by atoms with Crippen LogP contribution in [0.1, 0.15) is 15.9 Å². The highest BCUT2D eigenvalue weighted by Crippen LogP contribution is 2.16. The maximum Gasteiger partial charge on any atom is 0.446 e. The first kappa shape index (κ1) is 9.21. The van der Waals surface area contributed by atoms with Gasteiger partial charge in [-0.2, -0.15) is 9.58 Å². The lowest BCUT2D eigenvalue weighted by atomic mass is 9.88. The van der Waals surface area contributed by atoms with E-state index >= 15 is 0 Å². The van der Waals surface area contributed by atoms with Gasteiger partial charge in [0.25, 0.3) is 5.78 Å². The van der Waals surface area contributed by atoms with Crippen molar-refractivity contribution in [3.05, 3.63) is 46.5 Å². The molecule has 2 rings (SSSR count). The van der Waals surface area contributed by atoms with Gasteiger partial charge in [-0.1, -0.05) is 24.3 Å². The lowest BCUT2D eigenvalue weighted by molar-refractivity contribution is -0.0262. The standard InChI is InChI=1S/C10H6N4O/c11-13-8-5-6-3-1-2-4-7(6)10(15)9(8)14-12/h1-4H,5H2. The third-order valence-corrected chi connectivity index (χ3v) is 2.33. The number of ketones is 1. The number of hydrogen-bond acceptors (Lipinski definition) is 1. The summed E-state index contributed by atoms with van der Waals surface area (Å²) in [4.78, 5) is 17.5. The second-order valence-corrected chi connectivity index (χ2v) is 3.16. The van der Waals surface area contributed by atoms with Crippen LogP contribution < -0.4 is 0 Å². The van der Waals surface area contributed by atoms with Gasteiger partial charge in [-0.15, -0.1) is 0 Å². The molecule has 0 aromatic heterocycles. The molecule has 0 radical (unpaired) electrons. The first-order valence-electron chi connectivity index (χ1n) is 4.34. The molecular weight excluding hydrogens is 192 g/mol. The summed E-state index contributed by atoms with van der Waals surface area (Å²) in [6.45, 7) is 0. The van der Waals surface area contributed by atoms with Crippen LogP contribution in [0.3, 0.4) is 0 Å². The summed E-state index contributed by atoms with van der Waals surface area (Å²) in [5.74, 6) is -0.424. The van der Waals surface area contributed by atoms with Gasteiger partial charge >= 0.3 is 11.4 Å². The summed E-state index contributed by atoms with van der Waals surface area (Å²) in [5, 5.41) is 0. The van der Waals surface area contributed by atoms with Crippen LogP contribution in [-0.2, 0) is 6.42 Å². The predicted octanol–water partition coefficient (Wildman–Crippen LogP) is 0.767. The minimum absolute atomic E-state index is 0.0844. The molecule has 0 fully saturated rings. The van der Waals surface area contributed by atoms with Crippen molar-refractivity contribution >= 4 is 17.2 Å². The summed E-state index contributed by atoms with van der Waals surface area (Å²) >= 11 is 0. The molecule has 0 atom stereocenters. The van der Waals surface area contributed by atoms with Crippen molar-refractivity contribution in [3.8, 4) is 0 Å². The molecule has 0 aliphatic heterocycles. The molecule has 0 amide bonds. The van der Waals surface area contributed by atoms with E-state index in [-0.39, 0.29) is 17.8 Å². The molecule has 1 aromatic rings. The number of rotatable bonds is 0. The maximum absolute atomic E-state index is 11.7. The first-order valence-corrected chi connectivity index (χ1v) is 4.34. The number of hydrogen-bond donors (Lipinski definition) is 0. The van der Waals surface area contributed by atoms with Crippen molar-refractivity contribution in [1.29, 1.82) is 0 Å². The van der Waals surface area contributed by atoms with Gasteiger partial charge in [0.1, 0.15) is 0 Å². The lowest BCUT2D eigenvalue weighted by Crippen LogP contribution is -2.33. The molecule has 0 saturated heterocycles. The number of nitrogens with zero attached hydrogens (tertiary/aromatic N) is 4. The first-order chi connectivity index (χ1) is 7.27. The Morgan fingerprint density at radius 3 is 2.53 bits per heavy atom. The SMILES string of the molecule is [N-]=[N+]=C1Cc2ccccc2C(=O)C1=[N+]=[N-]. The number of fused-ring (bicyclic) bond motifs is 1. The summed E-state index contributed by atoms with van der Waals surface area (Å²) < 4.78 is 0. The number of benzene rings is 1. The van der Waals surface area contributed by atoms with Crippen molar-refractivity contribution in [2.75, 3.05) is 0 Å². The fraction of sp³-hybridized carbons (Fsp3) is 0.100. The van der Waals surface area contributed by atoms with Crippen molar-refractivity contribution in [1.82, 2.24) is 0 Å². The Kier molecular flexibility index (Phi) is 2.10. The summed E-state index contributed by atoms with van der Waals surface area (Å²) in [6.07, 6.45) is 0.289. The maximum atomic E-state index is 11.7. The average Bonchev–Trinajstić information content (AvgIpc) is 2.29. The van der Waals surface area contributed by atoms with E-state index in [1.165, 1.54) is 0 Å². The van der Waals surface area contributed by atoms with Crippen LogP contribution in [0.4, 0.5) is 0 Å². The van der Waals surface area contributed by atoms with Crippen molar-refractivity contribution in [2.45, 2.75) is 6.42 Å². The number of carbonyl (C=O) groups is 1. The summed E-state index contributed by atoms with van der Waals surface area (Å²) in [5.41, 5.74) is 18.5. The van der Waals surface area contributed by atoms with Gasteiger partial charge < -0.3 is 11.1 Å². The van der Waals surface area contributed by atoms with Gasteiger partial charge in [-0.3, -0.25) is 4.79 Å². The van der Waals surface area contributed by atoms with E-state index in [1.54, 1.807) is 24.3 Å². The van der Waals surface area contributed by atoms with Crippen molar-refractivity contribution < 1.29 is 14.4 Å². The van der Waals surface area contributed by atoms with E-state index < -0.39 is 5.78 Å². The van der Waals surface area contributed by atoms with Crippen LogP contribution >= 0.6 is 0 Å². The van der Waals surface area contributed by atoms with Crippen LogP contribution in [0.15, 0.2) is 24.3 Å². The van der Waals surface area contributed by atoms with E-state index in [1.807, 2.05) is 0 Å². The van der Waals surface area contributed by atoms with Gasteiger partial charge in [0.05, 0.1) is 6.42 Å². The van der Waals surface area contributed by atoms with Gasteiger partial charge in [-0.25, -0.2) is 0 Å². The number of carbonyl (C=O) groups excluding carboxylic acids is 1. The smallest absolute Gasteiger partial charge is 0.361 e. The molecular formula is C10H6N4O. The Morgan fingerprint density at radius 2 is 1.87 bits per heavy atom. The van der Waals surface area contributed by atoms with E-state index in [2.05, 4.69) is 9.58 Å². The summed E-state index contributed by atoms with van der Waals surface area (Å²) in [6, 6.07) is 6.94. The molecule has 0 N–H and O–H groups in total. The van der Waals surface area contributed by atoms with E-state index in [0.717, 1.165) is 5.56 Å². The molecule has 0 heterocycles. The Morgan fingerprint density at radius 1 is 1.13 bits per heavy atom. The normalized spacial score (nSPS) is 14.3. The fourth-order valence-electron chi connectivity index (χ4n) is 1.60. The third-order valence-electron chi connectivity index (χ3n) is 2.33. The zero-order chi connectivity index (χ0) is 10.8. The quantitative estimate of drug-likeness (QED) is 0.447. The molecule has 0 saturated carbocycles. The Bertz CT molecular complexity index is 548. The van der Waals surface area contributed by atoms with Gasteiger partial charge in [-0.05, 0) is 5.56 Å². The average molecular weight is 198 g/mol. The Labute approximate surface area is 85.2 Å². The Balaban J connectivity index is 2.71. The predicted molar refractivity (Wildman–Crippen MR) is 51.7 cm³/mol. The molecule has 1 aromatic carbocycles. The van der Waals surface area contributed by atoms with E-state index in [0.29, 0.717) is 5.56 Å². The van der Waals surface area contributed by atoms with Crippen LogP contribution in [0.2, 0.25) is 0 Å². The largest absolute Gasteiger partial charge is 0.446 e. The number of Topliss-reactive ketones (excluding diaryl/α,β-unsaturated/α-hetero) is 1. The second kappa shape index (κ2) is 3.42. The van der Waals surface area contributed by atoms with E-state index in [9.17, 15) is 4.79 Å². The van der Waals surface area contributed by atoms with E-state index in [4.69, 9.17) is 11.1 Å². The van der Waals surface area contributed by atoms with Gasteiger partial charge in [0.15, 0.2) is 0 Å². The monoisotopic (exact) mass is 198 g/mol. The molecule has 0 spiro atoms. The zero-order valence-electron chi connectivity index (χ0n) is 7.71. The topological polar surface area (TPSA) is 89.9 Å². The highest BCUT2D eigenvalue weighted by atomic mass is 16.1.